The van der Waals surface area contributed by atoms with Crippen molar-refractivity contribution in [2.75, 3.05) is 13.7 Å². The average Bonchev–Trinajstić information content (AvgIpc) is 2.47. The summed E-state index contributed by atoms with van der Waals surface area (Å²) in [6.45, 7) is 3.96. The fraction of sp³-hybridized carbons (Fsp3) is 0.294. The van der Waals surface area contributed by atoms with Gasteiger partial charge in [-0.15, -0.1) is 0 Å². The maximum atomic E-state index is 5.25. The first-order chi connectivity index (χ1) is 9.70. The number of halogens is 1. The second kappa shape index (κ2) is 7.46. The summed E-state index contributed by atoms with van der Waals surface area (Å²) in [5.41, 5.74) is 3.98. The summed E-state index contributed by atoms with van der Waals surface area (Å²) in [4.78, 5) is 0. The van der Waals surface area contributed by atoms with Crippen molar-refractivity contribution in [1.82, 2.24) is 5.32 Å². The molecular weight excluding hydrogens is 314 g/mol. The number of methoxy groups -OCH3 is 1. The molecule has 20 heavy (non-hydrogen) atoms. The molecule has 3 heteroatoms. The van der Waals surface area contributed by atoms with E-state index in [9.17, 15) is 0 Å². The Bertz CT molecular complexity index is 569. The van der Waals surface area contributed by atoms with E-state index in [4.69, 9.17) is 4.74 Å². The van der Waals surface area contributed by atoms with E-state index in [0.717, 1.165) is 29.7 Å². The van der Waals surface area contributed by atoms with Crippen LogP contribution in [0.1, 0.15) is 16.7 Å². The Kier molecular flexibility index (Phi) is 5.62. The van der Waals surface area contributed by atoms with Crippen molar-refractivity contribution in [2.45, 2.75) is 19.9 Å². The Morgan fingerprint density at radius 2 is 1.90 bits per heavy atom. The molecule has 0 radical (unpaired) electrons. The zero-order valence-electron chi connectivity index (χ0n) is 11.9. The van der Waals surface area contributed by atoms with Gasteiger partial charge in [0.25, 0.3) is 0 Å². The standard InChI is InChI=1S/C17H20BrNO/c1-13-5-3-4-6-14(13)9-10-19-12-15-11-16(20-2)7-8-17(15)18/h3-8,11,19H,9-10,12H2,1-2H3. The van der Waals surface area contributed by atoms with Crippen LogP contribution in [-0.4, -0.2) is 13.7 Å². The van der Waals surface area contributed by atoms with Gasteiger partial charge in [0, 0.05) is 11.0 Å². The first-order valence-corrected chi connectivity index (χ1v) is 7.57. The first kappa shape index (κ1) is 15.1. The van der Waals surface area contributed by atoms with Crippen LogP contribution in [0.25, 0.3) is 0 Å². The Hall–Kier alpha value is -1.32. The van der Waals surface area contributed by atoms with Gasteiger partial charge in [0.2, 0.25) is 0 Å². The topological polar surface area (TPSA) is 21.3 Å². The minimum atomic E-state index is 0.837. The molecule has 0 saturated carbocycles. The van der Waals surface area contributed by atoms with Gasteiger partial charge in [-0.2, -0.15) is 0 Å². The van der Waals surface area contributed by atoms with E-state index in [1.54, 1.807) is 7.11 Å². The van der Waals surface area contributed by atoms with Crippen molar-refractivity contribution >= 4 is 15.9 Å². The highest BCUT2D eigenvalue weighted by atomic mass is 79.9. The molecule has 2 nitrogen and oxygen atoms in total. The summed E-state index contributed by atoms with van der Waals surface area (Å²) in [5, 5.41) is 3.48. The third-order valence-corrected chi connectivity index (χ3v) is 4.17. The fourth-order valence-corrected chi connectivity index (χ4v) is 2.54. The maximum Gasteiger partial charge on any atom is 0.119 e. The molecule has 0 unspecified atom stereocenters. The van der Waals surface area contributed by atoms with Crippen LogP contribution in [0.15, 0.2) is 46.9 Å². The summed E-state index contributed by atoms with van der Waals surface area (Å²) in [6, 6.07) is 14.6. The molecule has 1 N–H and O–H groups in total. The Balaban J connectivity index is 1.86. The van der Waals surface area contributed by atoms with Gasteiger partial charge >= 0.3 is 0 Å². The van der Waals surface area contributed by atoms with Crippen LogP contribution < -0.4 is 10.1 Å². The normalized spacial score (nSPS) is 10.6. The molecule has 0 spiro atoms. The molecule has 0 aliphatic rings. The van der Waals surface area contributed by atoms with Gasteiger partial charge in [-0.3, -0.25) is 0 Å². The smallest absolute Gasteiger partial charge is 0.119 e. The molecule has 106 valence electrons. The monoisotopic (exact) mass is 333 g/mol. The van der Waals surface area contributed by atoms with Crippen LogP contribution in [0.4, 0.5) is 0 Å². The van der Waals surface area contributed by atoms with Crippen molar-refractivity contribution in [3.05, 3.63) is 63.6 Å². The molecule has 0 atom stereocenters. The first-order valence-electron chi connectivity index (χ1n) is 6.78. The molecule has 0 aliphatic heterocycles. The second-order valence-electron chi connectivity index (χ2n) is 4.81. The number of nitrogens with one attached hydrogen (secondary N) is 1. The zero-order chi connectivity index (χ0) is 14.4. The van der Waals surface area contributed by atoms with Gasteiger partial charge < -0.3 is 10.1 Å². The quantitative estimate of drug-likeness (QED) is 0.803. The van der Waals surface area contributed by atoms with Crippen molar-refractivity contribution in [2.24, 2.45) is 0 Å². The van der Waals surface area contributed by atoms with E-state index < -0.39 is 0 Å². The van der Waals surface area contributed by atoms with Crippen LogP contribution in [0.2, 0.25) is 0 Å². The molecule has 0 saturated heterocycles. The lowest BCUT2D eigenvalue weighted by Gasteiger charge is -2.10. The molecule has 0 fully saturated rings. The van der Waals surface area contributed by atoms with Gasteiger partial charge in [-0.05, 0) is 54.8 Å². The third-order valence-electron chi connectivity index (χ3n) is 3.40. The molecule has 0 amide bonds. The molecule has 2 aromatic carbocycles. The Labute approximate surface area is 129 Å². The predicted molar refractivity (Wildman–Crippen MR) is 87.3 cm³/mol. The molecular formula is C17H20BrNO. The molecule has 2 rings (SSSR count). The summed E-state index contributed by atoms with van der Waals surface area (Å²) >= 11 is 3.57. The fourth-order valence-electron chi connectivity index (χ4n) is 2.15. The number of hydrogen-bond acceptors (Lipinski definition) is 2. The van der Waals surface area contributed by atoms with Crippen molar-refractivity contribution in [3.63, 3.8) is 0 Å². The number of hydrogen-bond donors (Lipinski definition) is 1. The van der Waals surface area contributed by atoms with Crippen LogP contribution in [-0.2, 0) is 13.0 Å². The lowest BCUT2D eigenvalue weighted by atomic mass is 10.1. The number of ether oxygens (including phenoxy) is 1. The predicted octanol–water partition coefficient (Wildman–Crippen LogP) is 4.10. The zero-order valence-corrected chi connectivity index (χ0v) is 13.5. The van der Waals surface area contributed by atoms with E-state index in [1.807, 2.05) is 12.1 Å². The molecule has 0 heterocycles. The van der Waals surface area contributed by atoms with E-state index in [1.165, 1.54) is 16.7 Å². The molecule has 0 bridgehead atoms. The largest absolute Gasteiger partial charge is 0.497 e. The molecule has 2 aromatic rings. The molecule has 0 aromatic heterocycles. The lowest BCUT2D eigenvalue weighted by Crippen LogP contribution is -2.17. The summed E-state index contributed by atoms with van der Waals surface area (Å²) in [5.74, 6) is 0.893. The van der Waals surface area contributed by atoms with E-state index >= 15 is 0 Å². The maximum absolute atomic E-state index is 5.25. The summed E-state index contributed by atoms with van der Waals surface area (Å²) < 4.78 is 6.37. The average molecular weight is 334 g/mol. The van der Waals surface area contributed by atoms with Crippen LogP contribution >= 0.6 is 15.9 Å². The highest BCUT2D eigenvalue weighted by Gasteiger charge is 2.02. The molecule has 0 aliphatic carbocycles. The van der Waals surface area contributed by atoms with Crippen molar-refractivity contribution in [3.8, 4) is 5.75 Å². The van der Waals surface area contributed by atoms with Crippen molar-refractivity contribution < 1.29 is 4.74 Å². The van der Waals surface area contributed by atoms with E-state index in [0.29, 0.717) is 0 Å². The van der Waals surface area contributed by atoms with Crippen LogP contribution in [0.3, 0.4) is 0 Å². The highest BCUT2D eigenvalue weighted by Crippen LogP contribution is 2.22. The Morgan fingerprint density at radius 1 is 1.10 bits per heavy atom. The highest BCUT2D eigenvalue weighted by molar-refractivity contribution is 9.10. The minimum absolute atomic E-state index is 0.837. The number of rotatable bonds is 6. The minimum Gasteiger partial charge on any atom is -0.497 e. The lowest BCUT2D eigenvalue weighted by molar-refractivity contribution is 0.414. The summed E-state index contributed by atoms with van der Waals surface area (Å²) in [6.07, 6.45) is 1.05. The van der Waals surface area contributed by atoms with Crippen LogP contribution in [0.5, 0.6) is 5.75 Å². The third kappa shape index (κ3) is 4.09. The van der Waals surface area contributed by atoms with Crippen LogP contribution in [0, 0.1) is 6.92 Å². The van der Waals surface area contributed by atoms with Gasteiger partial charge in [-0.1, -0.05) is 40.2 Å². The van der Waals surface area contributed by atoms with E-state index in [-0.39, 0.29) is 0 Å². The van der Waals surface area contributed by atoms with Gasteiger partial charge in [-0.25, -0.2) is 0 Å². The van der Waals surface area contributed by atoms with Crippen molar-refractivity contribution in [1.29, 1.82) is 0 Å². The second-order valence-corrected chi connectivity index (χ2v) is 5.66. The summed E-state index contributed by atoms with van der Waals surface area (Å²) in [7, 11) is 1.69. The number of aryl methyl sites for hydroxylation is 1. The SMILES string of the molecule is COc1ccc(Br)c(CNCCc2ccccc2C)c1. The number of benzene rings is 2. The van der Waals surface area contributed by atoms with Gasteiger partial charge in [0.15, 0.2) is 0 Å². The van der Waals surface area contributed by atoms with Gasteiger partial charge in [0.05, 0.1) is 7.11 Å². The van der Waals surface area contributed by atoms with Gasteiger partial charge in [0.1, 0.15) is 5.75 Å². The van der Waals surface area contributed by atoms with E-state index in [2.05, 4.69) is 58.5 Å². The Morgan fingerprint density at radius 3 is 2.65 bits per heavy atom.